The SMILES string of the molecule is C=CC(=O)OCCNC(=O)NCC(=O)OCCSCC. The molecule has 0 heterocycles. The maximum absolute atomic E-state index is 11.2. The Kier molecular flexibility index (Phi) is 11.3. The quantitative estimate of drug-likeness (QED) is 0.343. The molecular formula is C12H20N2O5S. The highest BCUT2D eigenvalue weighted by Crippen LogP contribution is 1.96. The summed E-state index contributed by atoms with van der Waals surface area (Å²) in [6.45, 7) is 5.57. The average molecular weight is 304 g/mol. The van der Waals surface area contributed by atoms with E-state index in [0.717, 1.165) is 17.6 Å². The highest BCUT2D eigenvalue weighted by Gasteiger charge is 2.06. The lowest BCUT2D eigenvalue weighted by molar-refractivity contribution is -0.141. The van der Waals surface area contributed by atoms with Gasteiger partial charge in [0.2, 0.25) is 0 Å². The van der Waals surface area contributed by atoms with Crippen LogP contribution in [-0.4, -0.2) is 55.8 Å². The number of rotatable bonds is 10. The lowest BCUT2D eigenvalue weighted by Gasteiger charge is -2.08. The fraction of sp³-hybridized carbons (Fsp3) is 0.583. The van der Waals surface area contributed by atoms with Crippen LogP contribution in [0.5, 0.6) is 0 Å². The zero-order chi connectivity index (χ0) is 15.2. The van der Waals surface area contributed by atoms with Crippen LogP contribution in [0, 0.1) is 0 Å². The fourth-order valence-corrected chi connectivity index (χ4v) is 1.49. The molecule has 0 bridgehead atoms. The standard InChI is InChI=1S/C12H20N2O5S/c1-3-10(15)18-6-5-13-12(17)14-9-11(16)19-7-8-20-4-2/h3H,1,4-9H2,2H3,(H2,13,14,17). The first-order valence-corrected chi connectivity index (χ1v) is 7.29. The van der Waals surface area contributed by atoms with Crippen molar-refractivity contribution in [1.29, 1.82) is 0 Å². The molecule has 0 spiro atoms. The van der Waals surface area contributed by atoms with Crippen molar-refractivity contribution >= 4 is 29.7 Å². The molecule has 2 N–H and O–H groups in total. The van der Waals surface area contributed by atoms with E-state index in [1.807, 2.05) is 6.92 Å². The predicted molar refractivity (Wildman–Crippen MR) is 76.5 cm³/mol. The highest BCUT2D eigenvalue weighted by atomic mass is 32.2. The Morgan fingerprint density at radius 1 is 1.20 bits per heavy atom. The van der Waals surface area contributed by atoms with Crippen LogP contribution in [0.4, 0.5) is 4.79 Å². The zero-order valence-corrected chi connectivity index (χ0v) is 12.3. The maximum atomic E-state index is 11.2. The van der Waals surface area contributed by atoms with Gasteiger partial charge in [0.15, 0.2) is 0 Å². The predicted octanol–water partition coefficient (Wildman–Crippen LogP) is 0.311. The molecule has 8 heteroatoms. The van der Waals surface area contributed by atoms with Crippen molar-refractivity contribution in [2.45, 2.75) is 6.92 Å². The third kappa shape index (κ3) is 11.4. The van der Waals surface area contributed by atoms with Crippen LogP contribution in [0.2, 0.25) is 0 Å². The van der Waals surface area contributed by atoms with Crippen molar-refractivity contribution in [3.63, 3.8) is 0 Å². The molecule has 0 aromatic carbocycles. The second-order valence-corrected chi connectivity index (χ2v) is 4.79. The second-order valence-electron chi connectivity index (χ2n) is 3.40. The summed E-state index contributed by atoms with van der Waals surface area (Å²) in [4.78, 5) is 33.1. The van der Waals surface area contributed by atoms with Gasteiger partial charge < -0.3 is 20.1 Å². The van der Waals surface area contributed by atoms with Gasteiger partial charge in [-0.05, 0) is 5.75 Å². The van der Waals surface area contributed by atoms with Gasteiger partial charge in [-0.1, -0.05) is 13.5 Å². The second kappa shape index (κ2) is 12.3. The molecule has 7 nitrogen and oxygen atoms in total. The molecule has 0 saturated heterocycles. The molecule has 0 aliphatic heterocycles. The summed E-state index contributed by atoms with van der Waals surface area (Å²) in [6, 6.07) is -0.528. The molecule has 0 aliphatic carbocycles. The van der Waals surface area contributed by atoms with Gasteiger partial charge in [0.1, 0.15) is 19.8 Å². The minimum absolute atomic E-state index is 0.0387. The van der Waals surface area contributed by atoms with Gasteiger partial charge in [-0.3, -0.25) is 4.79 Å². The topological polar surface area (TPSA) is 93.7 Å². The van der Waals surface area contributed by atoms with E-state index in [2.05, 4.69) is 21.9 Å². The van der Waals surface area contributed by atoms with Gasteiger partial charge in [-0.15, -0.1) is 0 Å². The third-order valence-electron chi connectivity index (χ3n) is 1.89. The van der Waals surface area contributed by atoms with Crippen molar-refractivity contribution in [1.82, 2.24) is 10.6 Å². The first-order valence-electron chi connectivity index (χ1n) is 6.14. The monoisotopic (exact) mass is 304 g/mol. The third-order valence-corrected chi connectivity index (χ3v) is 2.75. The Morgan fingerprint density at radius 3 is 2.60 bits per heavy atom. The Labute approximate surface area is 122 Å². The van der Waals surface area contributed by atoms with E-state index in [4.69, 9.17) is 4.74 Å². The van der Waals surface area contributed by atoms with Crippen LogP contribution in [0.15, 0.2) is 12.7 Å². The van der Waals surface area contributed by atoms with E-state index < -0.39 is 18.0 Å². The first kappa shape index (κ1) is 18.3. The number of hydrogen-bond acceptors (Lipinski definition) is 6. The molecule has 0 aliphatic rings. The van der Waals surface area contributed by atoms with Gasteiger partial charge in [0.05, 0.1) is 6.54 Å². The molecule has 0 radical (unpaired) electrons. The molecule has 2 amide bonds. The number of ether oxygens (including phenoxy) is 2. The van der Waals surface area contributed by atoms with Crippen LogP contribution in [0.3, 0.4) is 0 Å². The number of esters is 2. The average Bonchev–Trinajstić information content (AvgIpc) is 2.45. The largest absolute Gasteiger partial charge is 0.463 e. The molecule has 20 heavy (non-hydrogen) atoms. The molecular weight excluding hydrogens is 284 g/mol. The molecule has 0 aromatic rings. The Balaban J connectivity index is 3.49. The van der Waals surface area contributed by atoms with E-state index in [9.17, 15) is 14.4 Å². The van der Waals surface area contributed by atoms with E-state index in [1.54, 1.807) is 11.8 Å². The number of urea groups is 1. The lowest BCUT2D eigenvalue weighted by Crippen LogP contribution is -2.40. The molecule has 0 rings (SSSR count). The van der Waals surface area contributed by atoms with Crippen LogP contribution in [0.1, 0.15) is 6.92 Å². The molecule has 0 aromatic heterocycles. The normalized spacial score (nSPS) is 9.45. The summed E-state index contributed by atoms with van der Waals surface area (Å²) in [5.74, 6) is 0.660. The van der Waals surface area contributed by atoms with Gasteiger partial charge >= 0.3 is 18.0 Å². The van der Waals surface area contributed by atoms with E-state index in [0.29, 0.717) is 6.61 Å². The van der Waals surface area contributed by atoms with Crippen molar-refractivity contribution in [2.75, 3.05) is 37.8 Å². The van der Waals surface area contributed by atoms with Crippen LogP contribution in [0.25, 0.3) is 0 Å². The number of hydrogen-bond donors (Lipinski definition) is 2. The van der Waals surface area contributed by atoms with E-state index in [-0.39, 0.29) is 19.7 Å². The molecule has 114 valence electrons. The van der Waals surface area contributed by atoms with Crippen LogP contribution < -0.4 is 10.6 Å². The summed E-state index contributed by atoms with van der Waals surface area (Å²) in [7, 11) is 0. The van der Waals surface area contributed by atoms with E-state index >= 15 is 0 Å². The zero-order valence-electron chi connectivity index (χ0n) is 11.5. The number of nitrogens with one attached hydrogen (secondary N) is 2. The van der Waals surface area contributed by atoms with Gasteiger partial charge in [0.25, 0.3) is 0 Å². The minimum atomic E-state index is -0.555. The van der Waals surface area contributed by atoms with E-state index in [1.165, 1.54) is 0 Å². The number of thioether (sulfide) groups is 1. The van der Waals surface area contributed by atoms with Gasteiger partial charge in [-0.25, -0.2) is 9.59 Å². The summed E-state index contributed by atoms with van der Waals surface area (Å²) >= 11 is 1.67. The summed E-state index contributed by atoms with van der Waals surface area (Å²) in [5.41, 5.74) is 0. The van der Waals surface area contributed by atoms with Crippen molar-refractivity contribution in [2.24, 2.45) is 0 Å². The maximum Gasteiger partial charge on any atom is 0.330 e. The Hall–Kier alpha value is -1.70. The van der Waals surface area contributed by atoms with Crippen molar-refractivity contribution in [3.05, 3.63) is 12.7 Å². The highest BCUT2D eigenvalue weighted by molar-refractivity contribution is 7.99. The number of carbonyl (C=O) groups is 3. The molecule has 0 atom stereocenters. The van der Waals surface area contributed by atoms with Crippen molar-refractivity contribution < 1.29 is 23.9 Å². The molecule has 0 fully saturated rings. The number of carbonyl (C=O) groups excluding carboxylic acids is 3. The van der Waals surface area contributed by atoms with Gasteiger partial charge in [0, 0.05) is 11.8 Å². The smallest absolute Gasteiger partial charge is 0.330 e. The van der Waals surface area contributed by atoms with Crippen molar-refractivity contribution in [3.8, 4) is 0 Å². The summed E-state index contributed by atoms with van der Waals surface area (Å²) in [5, 5.41) is 4.75. The van der Waals surface area contributed by atoms with Crippen LogP contribution >= 0.6 is 11.8 Å². The minimum Gasteiger partial charge on any atom is -0.463 e. The van der Waals surface area contributed by atoms with Gasteiger partial charge in [-0.2, -0.15) is 11.8 Å². The molecule has 0 saturated carbocycles. The number of amides is 2. The Morgan fingerprint density at radius 2 is 1.95 bits per heavy atom. The first-order chi connectivity index (χ1) is 9.60. The summed E-state index contributed by atoms with van der Waals surface area (Å²) in [6.07, 6.45) is 1.03. The lowest BCUT2D eigenvalue weighted by atomic mass is 10.6. The fourth-order valence-electron chi connectivity index (χ4n) is 1.000. The summed E-state index contributed by atoms with van der Waals surface area (Å²) < 4.78 is 9.53. The Bertz CT molecular complexity index is 336. The van der Waals surface area contributed by atoms with Crippen LogP contribution in [-0.2, 0) is 19.1 Å². The molecule has 0 unspecified atom stereocenters.